The van der Waals surface area contributed by atoms with E-state index in [-0.39, 0.29) is 0 Å². The van der Waals surface area contributed by atoms with Crippen molar-refractivity contribution in [1.29, 1.82) is 0 Å². The summed E-state index contributed by atoms with van der Waals surface area (Å²) in [6, 6.07) is 8.48. The molecule has 0 bridgehead atoms. The Balaban J connectivity index is 1.59. The molecule has 2 fully saturated rings. The molecule has 4 rings (SSSR count). The molecule has 1 saturated heterocycles. The van der Waals surface area contributed by atoms with Crippen LogP contribution in [0, 0.1) is 5.92 Å². The molecule has 21 heavy (non-hydrogen) atoms. The van der Waals surface area contributed by atoms with Gasteiger partial charge >= 0.3 is 0 Å². The van der Waals surface area contributed by atoms with Gasteiger partial charge in [0.05, 0.1) is 17.6 Å². The van der Waals surface area contributed by atoms with Crippen LogP contribution in [0.2, 0.25) is 0 Å². The van der Waals surface area contributed by atoms with Crippen molar-refractivity contribution in [2.45, 2.75) is 25.3 Å². The molecule has 0 radical (unpaired) electrons. The lowest BCUT2D eigenvalue weighted by Gasteiger charge is -2.14. The summed E-state index contributed by atoms with van der Waals surface area (Å²) in [6.45, 7) is 2.83. The van der Waals surface area contributed by atoms with Gasteiger partial charge in [-0.25, -0.2) is 9.97 Å². The van der Waals surface area contributed by atoms with Crippen molar-refractivity contribution in [3.05, 3.63) is 24.3 Å². The second-order valence-electron chi connectivity index (χ2n) is 5.95. The van der Waals surface area contributed by atoms with E-state index in [4.69, 9.17) is 4.74 Å². The van der Waals surface area contributed by atoms with Crippen molar-refractivity contribution < 1.29 is 4.74 Å². The summed E-state index contributed by atoms with van der Waals surface area (Å²) in [4.78, 5) is 9.34. The lowest BCUT2D eigenvalue weighted by Crippen LogP contribution is -2.17. The van der Waals surface area contributed by atoms with E-state index < -0.39 is 0 Å². The Morgan fingerprint density at radius 1 is 1.14 bits per heavy atom. The van der Waals surface area contributed by atoms with Gasteiger partial charge in [0, 0.05) is 18.5 Å². The summed E-state index contributed by atoms with van der Waals surface area (Å²) in [5, 5.41) is 6.80. The molecule has 2 aliphatic rings. The van der Waals surface area contributed by atoms with Crippen LogP contribution in [0.15, 0.2) is 24.3 Å². The first-order valence-electron chi connectivity index (χ1n) is 7.75. The molecule has 0 unspecified atom stereocenters. The van der Waals surface area contributed by atoms with E-state index in [0.29, 0.717) is 24.4 Å². The first-order chi connectivity index (χ1) is 10.4. The number of fused-ring (bicyclic) bond motifs is 1. The molecule has 2 N–H and O–H groups in total. The second-order valence-corrected chi connectivity index (χ2v) is 5.95. The van der Waals surface area contributed by atoms with Crippen molar-refractivity contribution in [2.75, 3.05) is 25.0 Å². The first kappa shape index (κ1) is 12.8. The quantitative estimate of drug-likeness (QED) is 0.881. The van der Waals surface area contributed by atoms with E-state index in [0.717, 1.165) is 29.9 Å². The Labute approximate surface area is 124 Å². The zero-order chi connectivity index (χ0) is 14.1. The molecule has 1 aromatic carbocycles. The molecule has 1 aliphatic carbocycles. The van der Waals surface area contributed by atoms with Crippen LogP contribution in [-0.2, 0) is 0 Å². The van der Waals surface area contributed by atoms with E-state index in [9.17, 15) is 0 Å². The molecule has 5 heteroatoms. The minimum absolute atomic E-state index is 0.538. The minimum atomic E-state index is 0.538. The summed E-state index contributed by atoms with van der Waals surface area (Å²) in [5.74, 6) is 2.02. The Hall–Kier alpha value is -1.88. The molecule has 0 amide bonds. The summed E-state index contributed by atoms with van der Waals surface area (Å²) in [5.41, 5.74) is 1.80. The van der Waals surface area contributed by atoms with Crippen molar-refractivity contribution in [3.63, 3.8) is 0 Å². The molecule has 1 aliphatic heterocycles. The predicted molar refractivity (Wildman–Crippen MR) is 82.7 cm³/mol. The van der Waals surface area contributed by atoms with Crippen LogP contribution in [0.25, 0.3) is 11.0 Å². The maximum absolute atomic E-state index is 5.98. The minimum Gasteiger partial charge on any atom is -0.475 e. The third-order valence-corrected chi connectivity index (χ3v) is 4.07. The predicted octanol–water partition coefficient (Wildman–Crippen LogP) is 2.19. The van der Waals surface area contributed by atoms with Gasteiger partial charge in [-0.05, 0) is 37.9 Å². The standard InChI is InChI=1S/C16H20N4O/c1-2-4-14-13(3-1)19-15(18-12-5-6-12)16(20-14)21-10-11-7-8-17-9-11/h1-4,11-12,17H,5-10H2,(H,18,19)/t11-/m1/s1. The number of aromatic nitrogens is 2. The first-order valence-corrected chi connectivity index (χ1v) is 7.75. The Morgan fingerprint density at radius 2 is 1.95 bits per heavy atom. The van der Waals surface area contributed by atoms with E-state index >= 15 is 0 Å². The van der Waals surface area contributed by atoms with Crippen molar-refractivity contribution in [3.8, 4) is 5.88 Å². The topological polar surface area (TPSA) is 59.1 Å². The van der Waals surface area contributed by atoms with E-state index in [2.05, 4.69) is 20.6 Å². The van der Waals surface area contributed by atoms with E-state index in [1.807, 2.05) is 24.3 Å². The van der Waals surface area contributed by atoms with Gasteiger partial charge in [-0.2, -0.15) is 0 Å². The highest BCUT2D eigenvalue weighted by molar-refractivity contribution is 5.77. The van der Waals surface area contributed by atoms with Gasteiger partial charge in [-0.3, -0.25) is 0 Å². The molecule has 5 nitrogen and oxygen atoms in total. The Bertz CT molecular complexity index is 635. The molecule has 2 heterocycles. The largest absolute Gasteiger partial charge is 0.475 e. The molecular weight excluding hydrogens is 264 g/mol. The summed E-state index contributed by atoms with van der Waals surface area (Å²) < 4.78 is 5.98. The number of hydrogen-bond acceptors (Lipinski definition) is 5. The van der Waals surface area contributed by atoms with Gasteiger partial charge in [0.1, 0.15) is 0 Å². The van der Waals surface area contributed by atoms with Gasteiger partial charge in [0.15, 0.2) is 5.82 Å². The molecule has 1 atom stereocenters. The van der Waals surface area contributed by atoms with Gasteiger partial charge < -0.3 is 15.4 Å². The van der Waals surface area contributed by atoms with Crippen LogP contribution < -0.4 is 15.4 Å². The Kier molecular flexibility index (Phi) is 3.35. The van der Waals surface area contributed by atoms with Gasteiger partial charge in [0.2, 0.25) is 0 Å². The summed E-state index contributed by atoms with van der Waals surface area (Å²) >= 11 is 0. The number of hydrogen-bond donors (Lipinski definition) is 2. The highest BCUT2D eigenvalue weighted by atomic mass is 16.5. The molecule has 2 aromatic rings. The van der Waals surface area contributed by atoms with Gasteiger partial charge in [-0.1, -0.05) is 12.1 Å². The number of nitrogens with one attached hydrogen (secondary N) is 2. The average molecular weight is 284 g/mol. The molecule has 1 saturated carbocycles. The van der Waals surface area contributed by atoms with Crippen molar-refractivity contribution >= 4 is 16.9 Å². The number of rotatable bonds is 5. The van der Waals surface area contributed by atoms with Crippen LogP contribution >= 0.6 is 0 Å². The normalized spacial score (nSPS) is 21.6. The number of ether oxygens (including phenoxy) is 1. The molecule has 0 spiro atoms. The molecule has 1 aromatic heterocycles. The lowest BCUT2D eigenvalue weighted by atomic mass is 10.1. The van der Waals surface area contributed by atoms with Crippen LogP contribution in [0.4, 0.5) is 5.82 Å². The second kappa shape index (κ2) is 5.48. The lowest BCUT2D eigenvalue weighted by molar-refractivity contribution is 0.252. The third-order valence-electron chi connectivity index (χ3n) is 4.07. The monoisotopic (exact) mass is 284 g/mol. The fraction of sp³-hybridized carbons (Fsp3) is 0.500. The SMILES string of the molecule is c1ccc2nc(OC[C@@H]3CCNC3)c(NC3CC3)nc2c1. The average Bonchev–Trinajstić information content (AvgIpc) is 3.17. The molecule has 110 valence electrons. The van der Waals surface area contributed by atoms with Crippen LogP contribution in [0.3, 0.4) is 0 Å². The van der Waals surface area contributed by atoms with Crippen molar-refractivity contribution in [1.82, 2.24) is 15.3 Å². The summed E-state index contributed by atoms with van der Waals surface area (Å²) in [7, 11) is 0. The van der Waals surface area contributed by atoms with Gasteiger partial charge in [0.25, 0.3) is 5.88 Å². The van der Waals surface area contributed by atoms with Crippen LogP contribution in [0.1, 0.15) is 19.3 Å². The summed E-state index contributed by atoms with van der Waals surface area (Å²) in [6.07, 6.45) is 3.59. The van der Waals surface area contributed by atoms with Crippen molar-refractivity contribution in [2.24, 2.45) is 5.92 Å². The zero-order valence-corrected chi connectivity index (χ0v) is 12.0. The fourth-order valence-corrected chi connectivity index (χ4v) is 2.65. The van der Waals surface area contributed by atoms with Crippen LogP contribution in [-0.4, -0.2) is 35.7 Å². The number of para-hydroxylation sites is 2. The van der Waals surface area contributed by atoms with Gasteiger partial charge in [-0.15, -0.1) is 0 Å². The Morgan fingerprint density at radius 3 is 2.67 bits per heavy atom. The highest BCUT2D eigenvalue weighted by Crippen LogP contribution is 2.30. The smallest absolute Gasteiger partial charge is 0.258 e. The van der Waals surface area contributed by atoms with Crippen LogP contribution in [0.5, 0.6) is 5.88 Å². The van der Waals surface area contributed by atoms with E-state index in [1.54, 1.807) is 0 Å². The fourth-order valence-electron chi connectivity index (χ4n) is 2.65. The number of benzene rings is 1. The number of anilines is 1. The molecular formula is C16H20N4O. The zero-order valence-electron chi connectivity index (χ0n) is 12.0. The van der Waals surface area contributed by atoms with E-state index in [1.165, 1.54) is 19.3 Å². The third kappa shape index (κ3) is 2.93. The number of nitrogens with zero attached hydrogens (tertiary/aromatic N) is 2. The highest BCUT2D eigenvalue weighted by Gasteiger charge is 2.24. The maximum Gasteiger partial charge on any atom is 0.258 e. The maximum atomic E-state index is 5.98.